The van der Waals surface area contributed by atoms with E-state index in [0.717, 1.165) is 25.9 Å². The molecule has 15 heavy (non-hydrogen) atoms. The van der Waals surface area contributed by atoms with Crippen LogP contribution in [0.3, 0.4) is 0 Å². The largest absolute Gasteiger partial charge is 0.396 e. The van der Waals surface area contributed by atoms with Crippen molar-refractivity contribution in [3.63, 3.8) is 0 Å². The van der Waals surface area contributed by atoms with Gasteiger partial charge in [0.25, 0.3) is 0 Å². The van der Waals surface area contributed by atoms with Crippen molar-refractivity contribution in [2.45, 2.75) is 12.8 Å². The monoisotopic (exact) mass is 210 g/mol. The number of ketones is 1. The summed E-state index contributed by atoms with van der Waals surface area (Å²) in [7, 11) is 3.88. The topological polar surface area (TPSA) is 64.2 Å². The number of hydrogen-bond acceptors (Lipinski definition) is 4. The van der Waals surface area contributed by atoms with Gasteiger partial charge >= 0.3 is 0 Å². The SMILES string of the molecule is CN1CCC(=O)CC1.Cn1cc(N)cn1. The summed E-state index contributed by atoms with van der Waals surface area (Å²) in [5.41, 5.74) is 6.01. The number of rotatable bonds is 0. The lowest BCUT2D eigenvalue weighted by molar-refractivity contribution is -0.121. The van der Waals surface area contributed by atoms with Crippen molar-refractivity contribution < 1.29 is 4.79 Å². The number of nitrogens with zero attached hydrogens (tertiary/aromatic N) is 3. The van der Waals surface area contributed by atoms with Gasteiger partial charge in [-0.2, -0.15) is 5.10 Å². The fourth-order valence-electron chi connectivity index (χ4n) is 1.31. The van der Waals surface area contributed by atoms with Crippen LogP contribution >= 0.6 is 0 Å². The Balaban J connectivity index is 0.000000151. The first kappa shape index (κ1) is 11.7. The van der Waals surface area contributed by atoms with E-state index in [0.29, 0.717) is 11.5 Å². The molecule has 84 valence electrons. The highest BCUT2D eigenvalue weighted by atomic mass is 16.1. The van der Waals surface area contributed by atoms with Gasteiger partial charge in [0.1, 0.15) is 5.78 Å². The number of nitrogen functional groups attached to an aromatic ring is 1. The number of aryl methyl sites for hydroxylation is 1. The van der Waals surface area contributed by atoms with Gasteiger partial charge in [-0.15, -0.1) is 0 Å². The lowest BCUT2D eigenvalue weighted by atomic mass is 10.1. The second-order valence-electron chi connectivity index (χ2n) is 3.79. The van der Waals surface area contributed by atoms with Crippen LogP contribution in [0.2, 0.25) is 0 Å². The molecule has 2 rings (SSSR count). The van der Waals surface area contributed by atoms with Crippen molar-refractivity contribution in [1.29, 1.82) is 0 Å². The summed E-state index contributed by atoms with van der Waals surface area (Å²) in [6.07, 6.45) is 4.88. The number of Topliss-reactive ketones (excluding diaryl/α,β-unsaturated/α-hetero) is 1. The average Bonchev–Trinajstić information content (AvgIpc) is 2.56. The second-order valence-corrected chi connectivity index (χ2v) is 3.79. The van der Waals surface area contributed by atoms with E-state index in [-0.39, 0.29) is 0 Å². The number of hydrogen-bond donors (Lipinski definition) is 1. The lowest BCUT2D eigenvalue weighted by Gasteiger charge is -2.19. The predicted molar refractivity (Wildman–Crippen MR) is 59.4 cm³/mol. The van der Waals surface area contributed by atoms with Crippen LogP contribution in [-0.2, 0) is 11.8 Å². The Kier molecular flexibility index (Phi) is 4.30. The first-order chi connectivity index (χ1) is 7.08. The summed E-state index contributed by atoms with van der Waals surface area (Å²) in [5.74, 6) is 0.420. The van der Waals surface area contributed by atoms with Crippen molar-refractivity contribution in [2.75, 3.05) is 25.9 Å². The molecular weight excluding hydrogens is 192 g/mol. The average molecular weight is 210 g/mol. The fourth-order valence-corrected chi connectivity index (χ4v) is 1.31. The molecule has 1 aliphatic rings. The first-order valence-corrected chi connectivity index (χ1v) is 5.02. The Labute approximate surface area is 89.9 Å². The van der Waals surface area contributed by atoms with Gasteiger partial charge in [0.15, 0.2) is 0 Å². The van der Waals surface area contributed by atoms with E-state index in [1.807, 2.05) is 14.1 Å². The Morgan fingerprint density at radius 1 is 1.33 bits per heavy atom. The fraction of sp³-hybridized carbons (Fsp3) is 0.600. The van der Waals surface area contributed by atoms with Crippen LogP contribution in [0.15, 0.2) is 12.4 Å². The van der Waals surface area contributed by atoms with Crippen molar-refractivity contribution in [3.05, 3.63) is 12.4 Å². The molecule has 0 aliphatic carbocycles. The molecule has 2 heterocycles. The highest BCUT2D eigenvalue weighted by Gasteiger charge is 2.10. The minimum absolute atomic E-state index is 0.420. The van der Waals surface area contributed by atoms with Gasteiger partial charge in [0, 0.05) is 39.2 Å². The Bertz CT molecular complexity index is 294. The van der Waals surface area contributed by atoms with Crippen LogP contribution in [0.4, 0.5) is 5.69 Å². The van der Waals surface area contributed by atoms with Crippen LogP contribution in [0.25, 0.3) is 0 Å². The zero-order valence-electron chi connectivity index (χ0n) is 9.31. The molecule has 1 aromatic rings. The lowest BCUT2D eigenvalue weighted by Crippen LogP contribution is -2.29. The summed E-state index contributed by atoms with van der Waals surface area (Å²) >= 11 is 0. The van der Waals surface area contributed by atoms with E-state index in [2.05, 4.69) is 10.00 Å². The molecule has 1 fully saturated rings. The van der Waals surface area contributed by atoms with Crippen LogP contribution in [0, 0.1) is 0 Å². The zero-order valence-corrected chi connectivity index (χ0v) is 9.31. The van der Waals surface area contributed by atoms with Gasteiger partial charge in [0.2, 0.25) is 0 Å². The number of piperidine rings is 1. The molecule has 0 saturated carbocycles. The summed E-state index contributed by atoms with van der Waals surface area (Å²) in [4.78, 5) is 12.8. The van der Waals surface area contributed by atoms with E-state index in [1.165, 1.54) is 0 Å². The van der Waals surface area contributed by atoms with Gasteiger partial charge in [-0.1, -0.05) is 0 Å². The van der Waals surface area contributed by atoms with Crippen molar-refractivity contribution >= 4 is 11.5 Å². The zero-order chi connectivity index (χ0) is 11.3. The number of nitrogens with two attached hydrogens (primary N) is 1. The van der Waals surface area contributed by atoms with Crippen molar-refractivity contribution in [3.8, 4) is 0 Å². The third-order valence-electron chi connectivity index (χ3n) is 2.27. The molecular formula is C10H18N4O. The molecule has 1 aliphatic heterocycles. The smallest absolute Gasteiger partial charge is 0.135 e. The first-order valence-electron chi connectivity index (χ1n) is 5.02. The van der Waals surface area contributed by atoms with E-state index in [9.17, 15) is 4.79 Å². The van der Waals surface area contributed by atoms with Gasteiger partial charge in [-0.3, -0.25) is 9.48 Å². The number of carbonyl (C=O) groups excluding carboxylic acids is 1. The molecule has 1 saturated heterocycles. The quantitative estimate of drug-likeness (QED) is 0.668. The maximum Gasteiger partial charge on any atom is 0.135 e. The van der Waals surface area contributed by atoms with Crippen LogP contribution in [0.1, 0.15) is 12.8 Å². The highest BCUT2D eigenvalue weighted by molar-refractivity contribution is 5.79. The molecule has 5 nitrogen and oxygen atoms in total. The number of carbonyl (C=O) groups is 1. The van der Waals surface area contributed by atoms with E-state index in [1.54, 1.807) is 17.1 Å². The van der Waals surface area contributed by atoms with Gasteiger partial charge in [0.05, 0.1) is 11.9 Å². The van der Waals surface area contributed by atoms with E-state index < -0.39 is 0 Å². The third-order valence-corrected chi connectivity index (χ3v) is 2.27. The summed E-state index contributed by atoms with van der Waals surface area (Å²) in [6.45, 7) is 1.91. The molecule has 5 heteroatoms. The maximum absolute atomic E-state index is 10.6. The van der Waals surface area contributed by atoms with Crippen molar-refractivity contribution in [1.82, 2.24) is 14.7 Å². The van der Waals surface area contributed by atoms with Crippen LogP contribution in [-0.4, -0.2) is 40.6 Å². The molecule has 0 spiro atoms. The number of likely N-dealkylation sites (tertiary alicyclic amines) is 1. The third kappa shape index (κ3) is 4.60. The van der Waals surface area contributed by atoms with E-state index >= 15 is 0 Å². The standard InChI is InChI=1S/C6H11NO.C4H7N3/c1-7-4-2-6(8)3-5-7;1-7-3-4(5)2-6-7/h2-5H2,1H3;2-3H,5H2,1H3. The summed E-state index contributed by atoms with van der Waals surface area (Å²) < 4.78 is 1.66. The molecule has 0 aromatic carbocycles. The second kappa shape index (κ2) is 5.50. The van der Waals surface area contributed by atoms with Crippen LogP contribution < -0.4 is 5.73 Å². The Hall–Kier alpha value is -1.36. The number of aromatic nitrogens is 2. The maximum atomic E-state index is 10.6. The summed E-state index contributed by atoms with van der Waals surface area (Å²) in [5, 5.41) is 3.81. The van der Waals surface area contributed by atoms with Gasteiger partial charge in [-0.05, 0) is 7.05 Å². The molecule has 1 aromatic heterocycles. The molecule has 2 N–H and O–H groups in total. The van der Waals surface area contributed by atoms with Gasteiger partial charge in [-0.25, -0.2) is 0 Å². The van der Waals surface area contributed by atoms with E-state index in [4.69, 9.17) is 5.73 Å². The Morgan fingerprint density at radius 2 is 1.93 bits per heavy atom. The highest BCUT2D eigenvalue weighted by Crippen LogP contribution is 2.01. The van der Waals surface area contributed by atoms with Crippen molar-refractivity contribution in [2.24, 2.45) is 7.05 Å². The molecule has 0 atom stereocenters. The van der Waals surface area contributed by atoms with Crippen LogP contribution in [0.5, 0.6) is 0 Å². The van der Waals surface area contributed by atoms with Gasteiger partial charge < -0.3 is 10.6 Å². The molecule has 0 unspecified atom stereocenters. The minimum Gasteiger partial charge on any atom is -0.396 e. The molecule has 0 radical (unpaired) electrons. The summed E-state index contributed by atoms with van der Waals surface area (Å²) in [6, 6.07) is 0. The predicted octanol–water partition coefficient (Wildman–Crippen LogP) is 0.283. The Morgan fingerprint density at radius 3 is 2.20 bits per heavy atom. The molecule has 0 amide bonds. The minimum atomic E-state index is 0.420. The number of anilines is 1. The molecule has 0 bridgehead atoms. The normalized spacial score (nSPS) is 17.1.